The van der Waals surface area contributed by atoms with Gasteiger partial charge in [-0.25, -0.2) is 0 Å². The molecule has 1 N–H and O–H groups in total. The van der Waals surface area contributed by atoms with Crippen LogP contribution in [0.15, 0.2) is 0 Å². The number of esters is 1. The van der Waals surface area contributed by atoms with Crippen LogP contribution in [0.2, 0.25) is 0 Å². The molecule has 5 heteroatoms. The normalized spacial score (nSPS) is 13.1. The van der Waals surface area contributed by atoms with Crippen molar-refractivity contribution in [1.82, 2.24) is 5.32 Å². The maximum absolute atomic E-state index is 11.6. The van der Waals surface area contributed by atoms with E-state index in [0.29, 0.717) is 0 Å². The number of hydrogen-bond acceptors (Lipinski definition) is 3. The van der Waals surface area contributed by atoms with Gasteiger partial charge in [0.25, 0.3) is 0 Å². The summed E-state index contributed by atoms with van der Waals surface area (Å²) in [5.41, 5.74) is -0.400. The first-order chi connectivity index (χ1) is 6.85. The first-order valence-corrected chi connectivity index (χ1v) is 5.77. The average molecular weight is 280 g/mol. The summed E-state index contributed by atoms with van der Waals surface area (Å²) in [5.74, 6) is -0.442. The van der Waals surface area contributed by atoms with Crippen molar-refractivity contribution in [2.45, 2.75) is 32.0 Å². The number of halogens is 1. The van der Waals surface area contributed by atoms with Crippen molar-refractivity contribution in [1.29, 1.82) is 0 Å². The van der Waals surface area contributed by atoms with Gasteiger partial charge in [0.1, 0.15) is 4.83 Å². The van der Waals surface area contributed by atoms with Gasteiger partial charge in [-0.2, -0.15) is 0 Å². The highest BCUT2D eigenvalue weighted by atomic mass is 79.9. The van der Waals surface area contributed by atoms with Crippen molar-refractivity contribution < 1.29 is 14.3 Å². The van der Waals surface area contributed by atoms with E-state index >= 15 is 0 Å². The fourth-order valence-corrected chi connectivity index (χ4v) is 1.14. The molecule has 0 aromatic carbocycles. The molecule has 0 spiro atoms. The third kappa shape index (κ3) is 4.64. The van der Waals surface area contributed by atoms with Gasteiger partial charge < -0.3 is 10.1 Å². The fraction of sp³-hybridized carbons (Fsp3) is 0.800. The minimum atomic E-state index is -0.487. The molecule has 0 fully saturated rings. The van der Waals surface area contributed by atoms with E-state index < -0.39 is 10.2 Å². The Morgan fingerprint density at radius 2 is 2.00 bits per heavy atom. The molecule has 4 nitrogen and oxygen atoms in total. The zero-order valence-corrected chi connectivity index (χ0v) is 11.2. The summed E-state index contributed by atoms with van der Waals surface area (Å²) in [4.78, 5) is 22.2. The molecule has 1 unspecified atom stereocenters. The summed E-state index contributed by atoms with van der Waals surface area (Å²) in [6.07, 6.45) is 0.754. The van der Waals surface area contributed by atoms with Crippen LogP contribution in [-0.2, 0) is 14.3 Å². The van der Waals surface area contributed by atoms with Crippen LogP contribution in [0, 0.1) is 5.41 Å². The number of ether oxygens (including phenoxy) is 1. The molecule has 0 heterocycles. The molecule has 0 saturated carbocycles. The second kappa shape index (κ2) is 6.10. The highest BCUT2D eigenvalue weighted by Crippen LogP contribution is 2.19. The van der Waals surface area contributed by atoms with Gasteiger partial charge >= 0.3 is 5.97 Å². The SMILES string of the molecule is CCC(C)(C)C(=O)NCC(Br)C(=O)OC. The molecule has 0 aromatic heterocycles. The van der Waals surface area contributed by atoms with Crippen LogP contribution in [0.3, 0.4) is 0 Å². The van der Waals surface area contributed by atoms with E-state index in [9.17, 15) is 9.59 Å². The zero-order valence-electron chi connectivity index (χ0n) is 9.59. The van der Waals surface area contributed by atoms with E-state index in [1.54, 1.807) is 0 Å². The second-order valence-corrected chi connectivity index (χ2v) is 5.04. The number of hydrogen-bond donors (Lipinski definition) is 1. The van der Waals surface area contributed by atoms with Gasteiger partial charge in [0, 0.05) is 12.0 Å². The summed E-state index contributed by atoms with van der Waals surface area (Å²) in [7, 11) is 1.31. The van der Waals surface area contributed by atoms with Gasteiger partial charge in [-0.1, -0.05) is 36.7 Å². The van der Waals surface area contributed by atoms with Gasteiger partial charge in [0.2, 0.25) is 5.91 Å². The Balaban J connectivity index is 4.07. The molecular weight excluding hydrogens is 262 g/mol. The Hall–Kier alpha value is -0.580. The van der Waals surface area contributed by atoms with Gasteiger partial charge in [0.05, 0.1) is 7.11 Å². The molecule has 0 aliphatic carbocycles. The Labute approximate surface area is 98.9 Å². The minimum Gasteiger partial charge on any atom is -0.468 e. The standard InChI is InChI=1S/C10H18BrNO3/c1-5-10(2,3)9(14)12-6-7(11)8(13)15-4/h7H,5-6H2,1-4H3,(H,12,14). The predicted molar refractivity (Wildman–Crippen MR) is 61.8 cm³/mol. The molecule has 88 valence electrons. The lowest BCUT2D eigenvalue weighted by Crippen LogP contribution is -2.41. The Bertz CT molecular complexity index is 241. The number of nitrogens with one attached hydrogen (secondary N) is 1. The van der Waals surface area contributed by atoms with Crippen molar-refractivity contribution in [3.05, 3.63) is 0 Å². The van der Waals surface area contributed by atoms with E-state index in [1.807, 2.05) is 20.8 Å². The third-order valence-electron chi connectivity index (χ3n) is 2.40. The van der Waals surface area contributed by atoms with Crippen molar-refractivity contribution in [3.8, 4) is 0 Å². The average Bonchev–Trinajstić information content (AvgIpc) is 2.23. The number of amides is 1. The number of rotatable bonds is 5. The number of alkyl halides is 1. The molecule has 15 heavy (non-hydrogen) atoms. The maximum Gasteiger partial charge on any atom is 0.321 e. The molecule has 0 aliphatic rings. The van der Waals surface area contributed by atoms with E-state index in [0.717, 1.165) is 6.42 Å². The molecule has 0 saturated heterocycles. The molecule has 1 amide bonds. The Kier molecular flexibility index (Phi) is 5.87. The quantitative estimate of drug-likeness (QED) is 0.613. The molecule has 0 aromatic rings. The summed E-state index contributed by atoms with van der Waals surface area (Å²) in [6.45, 7) is 5.92. The molecule has 1 atom stereocenters. The van der Waals surface area contributed by atoms with Crippen LogP contribution in [0.25, 0.3) is 0 Å². The van der Waals surface area contributed by atoms with Gasteiger partial charge in [-0.3, -0.25) is 9.59 Å². The first-order valence-electron chi connectivity index (χ1n) is 4.85. The lowest BCUT2D eigenvalue weighted by atomic mass is 9.89. The van der Waals surface area contributed by atoms with Crippen LogP contribution in [0.1, 0.15) is 27.2 Å². The zero-order chi connectivity index (χ0) is 12.1. The molecular formula is C10H18BrNO3. The summed E-state index contributed by atoms with van der Waals surface area (Å²) in [5, 5.41) is 2.70. The van der Waals surface area contributed by atoms with Crippen LogP contribution >= 0.6 is 15.9 Å². The van der Waals surface area contributed by atoms with Gasteiger partial charge in [-0.05, 0) is 6.42 Å². The number of carbonyl (C=O) groups excluding carboxylic acids is 2. The minimum absolute atomic E-state index is 0.0571. The number of methoxy groups -OCH3 is 1. The predicted octanol–water partition coefficient (Wildman–Crippen LogP) is 1.48. The van der Waals surface area contributed by atoms with Crippen molar-refractivity contribution in [2.75, 3.05) is 13.7 Å². The first kappa shape index (κ1) is 14.4. The van der Waals surface area contributed by atoms with Gasteiger partial charge in [0.15, 0.2) is 0 Å². The van der Waals surface area contributed by atoms with E-state index in [2.05, 4.69) is 26.0 Å². The molecule has 0 radical (unpaired) electrons. The fourth-order valence-electron chi connectivity index (χ4n) is 0.793. The van der Waals surface area contributed by atoms with Crippen molar-refractivity contribution in [3.63, 3.8) is 0 Å². The van der Waals surface area contributed by atoms with Crippen molar-refractivity contribution in [2.24, 2.45) is 5.41 Å². The number of carbonyl (C=O) groups is 2. The van der Waals surface area contributed by atoms with Crippen LogP contribution in [0.4, 0.5) is 0 Å². The monoisotopic (exact) mass is 279 g/mol. The Morgan fingerprint density at radius 1 is 1.47 bits per heavy atom. The van der Waals surface area contributed by atoms with Crippen LogP contribution in [0.5, 0.6) is 0 Å². The smallest absolute Gasteiger partial charge is 0.321 e. The van der Waals surface area contributed by atoms with Gasteiger partial charge in [-0.15, -0.1) is 0 Å². The van der Waals surface area contributed by atoms with Crippen molar-refractivity contribution >= 4 is 27.8 Å². The Morgan fingerprint density at radius 3 is 2.40 bits per heavy atom. The highest BCUT2D eigenvalue weighted by molar-refractivity contribution is 9.10. The van der Waals surface area contributed by atoms with E-state index in [1.165, 1.54) is 7.11 Å². The highest BCUT2D eigenvalue weighted by Gasteiger charge is 2.26. The van der Waals surface area contributed by atoms with E-state index in [-0.39, 0.29) is 18.4 Å². The van der Waals surface area contributed by atoms with Crippen LogP contribution in [-0.4, -0.2) is 30.4 Å². The largest absolute Gasteiger partial charge is 0.468 e. The maximum atomic E-state index is 11.6. The molecule has 0 aliphatic heterocycles. The lowest BCUT2D eigenvalue weighted by molar-refractivity contribution is -0.139. The third-order valence-corrected chi connectivity index (χ3v) is 3.09. The van der Waals surface area contributed by atoms with E-state index in [4.69, 9.17) is 0 Å². The summed E-state index contributed by atoms with van der Waals surface area (Å²) in [6, 6.07) is 0. The second-order valence-electron chi connectivity index (χ2n) is 3.94. The lowest BCUT2D eigenvalue weighted by Gasteiger charge is -2.22. The summed E-state index contributed by atoms with van der Waals surface area (Å²) < 4.78 is 4.52. The molecule has 0 rings (SSSR count). The molecule has 0 bridgehead atoms. The summed E-state index contributed by atoms with van der Waals surface area (Å²) >= 11 is 3.13. The van der Waals surface area contributed by atoms with Crippen LogP contribution < -0.4 is 5.32 Å². The topological polar surface area (TPSA) is 55.4 Å².